The molecule has 1 saturated heterocycles. The molecule has 1 atom stereocenters. The predicted molar refractivity (Wildman–Crippen MR) is 75.2 cm³/mol. The third kappa shape index (κ3) is 3.50. The Hall–Kier alpha value is -2.04. The van der Waals surface area contributed by atoms with Crippen molar-refractivity contribution in [2.75, 3.05) is 19.6 Å². The summed E-state index contributed by atoms with van der Waals surface area (Å²) in [5.74, 6) is 0.0996. The first-order valence-electron chi connectivity index (χ1n) is 6.93. The zero-order valence-corrected chi connectivity index (χ0v) is 11.6. The molecule has 1 aromatic carbocycles. The molecule has 0 aromatic heterocycles. The highest BCUT2D eigenvalue weighted by atomic mass is 16.3. The van der Waals surface area contributed by atoms with Gasteiger partial charge in [0.05, 0.1) is 12.3 Å². The molecule has 0 radical (unpaired) electrons. The molecule has 5 heteroatoms. The molecule has 0 bridgehead atoms. The number of carbonyl (C=O) groups excluding carboxylic acids is 2. The van der Waals surface area contributed by atoms with E-state index >= 15 is 0 Å². The standard InChI is InChI=1S/C15H20N2O3/c1-2-16-15(20)12-6-7-17(10-12)14(19)9-11-4-3-5-13(18)8-11/h3-5,8,12,18H,2,6-7,9-10H2,1H3,(H,16,20)/t12-/m0/s1. The number of rotatable bonds is 4. The number of carbonyl (C=O) groups is 2. The van der Waals surface area contributed by atoms with Crippen LogP contribution in [-0.2, 0) is 16.0 Å². The topological polar surface area (TPSA) is 69.6 Å². The molecule has 1 aliphatic rings. The van der Waals surface area contributed by atoms with Gasteiger partial charge < -0.3 is 15.3 Å². The van der Waals surface area contributed by atoms with Crippen LogP contribution in [0.1, 0.15) is 18.9 Å². The number of hydrogen-bond acceptors (Lipinski definition) is 3. The number of amides is 2. The van der Waals surface area contributed by atoms with Crippen LogP contribution in [-0.4, -0.2) is 41.5 Å². The van der Waals surface area contributed by atoms with E-state index in [4.69, 9.17) is 0 Å². The Morgan fingerprint density at radius 2 is 2.25 bits per heavy atom. The van der Waals surface area contributed by atoms with Crippen molar-refractivity contribution in [2.45, 2.75) is 19.8 Å². The first-order chi connectivity index (χ1) is 9.60. The SMILES string of the molecule is CCNC(=O)[C@H]1CCN(C(=O)Cc2cccc(O)c2)C1. The molecule has 1 fully saturated rings. The Bertz CT molecular complexity index is 502. The highest BCUT2D eigenvalue weighted by Gasteiger charge is 2.30. The summed E-state index contributed by atoms with van der Waals surface area (Å²) in [4.78, 5) is 25.6. The van der Waals surface area contributed by atoms with Crippen molar-refractivity contribution in [3.05, 3.63) is 29.8 Å². The third-order valence-electron chi connectivity index (χ3n) is 3.53. The van der Waals surface area contributed by atoms with Gasteiger partial charge in [-0.1, -0.05) is 12.1 Å². The van der Waals surface area contributed by atoms with Crippen LogP contribution in [0, 0.1) is 5.92 Å². The fraction of sp³-hybridized carbons (Fsp3) is 0.467. The smallest absolute Gasteiger partial charge is 0.227 e. The van der Waals surface area contributed by atoms with Crippen molar-refractivity contribution < 1.29 is 14.7 Å². The molecular weight excluding hydrogens is 256 g/mol. The van der Waals surface area contributed by atoms with Crippen LogP contribution in [0.3, 0.4) is 0 Å². The first kappa shape index (κ1) is 14.4. The monoisotopic (exact) mass is 276 g/mol. The number of likely N-dealkylation sites (tertiary alicyclic amines) is 1. The molecule has 1 aliphatic heterocycles. The zero-order chi connectivity index (χ0) is 14.5. The quantitative estimate of drug-likeness (QED) is 0.859. The van der Waals surface area contributed by atoms with E-state index in [-0.39, 0.29) is 29.9 Å². The fourth-order valence-electron chi connectivity index (χ4n) is 2.47. The molecule has 2 amide bonds. The summed E-state index contributed by atoms with van der Waals surface area (Å²) in [6.07, 6.45) is 0.980. The summed E-state index contributed by atoms with van der Waals surface area (Å²) < 4.78 is 0. The number of nitrogens with zero attached hydrogens (tertiary/aromatic N) is 1. The average Bonchev–Trinajstić information content (AvgIpc) is 2.88. The zero-order valence-electron chi connectivity index (χ0n) is 11.6. The average molecular weight is 276 g/mol. The highest BCUT2D eigenvalue weighted by Crippen LogP contribution is 2.18. The van der Waals surface area contributed by atoms with Crippen LogP contribution in [0.4, 0.5) is 0 Å². The molecule has 1 aromatic rings. The van der Waals surface area contributed by atoms with Gasteiger partial charge in [0.2, 0.25) is 11.8 Å². The van der Waals surface area contributed by atoms with Crippen molar-refractivity contribution in [3.8, 4) is 5.75 Å². The van der Waals surface area contributed by atoms with E-state index in [1.54, 1.807) is 23.1 Å². The lowest BCUT2D eigenvalue weighted by Crippen LogP contribution is -2.35. The highest BCUT2D eigenvalue weighted by molar-refractivity contribution is 5.83. The second-order valence-corrected chi connectivity index (χ2v) is 5.07. The molecule has 2 N–H and O–H groups in total. The summed E-state index contributed by atoms with van der Waals surface area (Å²) in [6, 6.07) is 6.71. The number of benzene rings is 1. The largest absolute Gasteiger partial charge is 0.508 e. The lowest BCUT2D eigenvalue weighted by molar-refractivity contribution is -0.130. The Balaban J connectivity index is 1.90. The maximum Gasteiger partial charge on any atom is 0.227 e. The van der Waals surface area contributed by atoms with Crippen molar-refractivity contribution in [3.63, 3.8) is 0 Å². The summed E-state index contributed by atoms with van der Waals surface area (Å²) in [5.41, 5.74) is 0.788. The molecule has 108 valence electrons. The molecular formula is C15H20N2O3. The maximum atomic E-state index is 12.2. The molecule has 5 nitrogen and oxygen atoms in total. The minimum atomic E-state index is -0.0944. The van der Waals surface area contributed by atoms with Crippen LogP contribution >= 0.6 is 0 Å². The van der Waals surface area contributed by atoms with Gasteiger partial charge in [0.1, 0.15) is 5.75 Å². The first-order valence-corrected chi connectivity index (χ1v) is 6.93. The van der Waals surface area contributed by atoms with Gasteiger partial charge in [0.15, 0.2) is 0 Å². The second-order valence-electron chi connectivity index (χ2n) is 5.07. The summed E-state index contributed by atoms with van der Waals surface area (Å²) in [6.45, 7) is 3.62. The van der Waals surface area contributed by atoms with E-state index in [9.17, 15) is 14.7 Å². The third-order valence-corrected chi connectivity index (χ3v) is 3.53. The Morgan fingerprint density at radius 3 is 2.95 bits per heavy atom. The van der Waals surface area contributed by atoms with Gasteiger partial charge in [0.25, 0.3) is 0 Å². The van der Waals surface area contributed by atoms with Crippen molar-refractivity contribution in [1.29, 1.82) is 0 Å². The number of hydrogen-bond donors (Lipinski definition) is 2. The summed E-state index contributed by atoms with van der Waals surface area (Å²) in [7, 11) is 0. The van der Waals surface area contributed by atoms with Gasteiger partial charge in [-0.2, -0.15) is 0 Å². The molecule has 20 heavy (non-hydrogen) atoms. The maximum absolute atomic E-state index is 12.2. The van der Waals surface area contributed by atoms with Crippen LogP contribution in [0.15, 0.2) is 24.3 Å². The van der Waals surface area contributed by atoms with E-state index in [1.165, 1.54) is 0 Å². The van der Waals surface area contributed by atoms with Gasteiger partial charge in [-0.3, -0.25) is 9.59 Å². The van der Waals surface area contributed by atoms with E-state index in [0.717, 1.165) is 12.0 Å². The Kier molecular flexibility index (Phi) is 4.61. The Morgan fingerprint density at radius 1 is 1.45 bits per heavy atom. The summed E-state index contributed by atoms with van der Waals surface area (Å²) in [5, 5.41) is 12.2. The normalized spacial score (nSPS) is 18.1. The van der Waals surface area contributed by atoms with E-state index < -0.39 is 0 Å². The molecule has 0 saturated carbocycles. The minimum Gasteiger partial charge on any atom is -0.508 e. The molecule has 0 unspecified atom stereocenters. The second kappa shape index (κ2) is 6.41. The van der Waals surface area contributed by atoms with Gasteiger partial charge in [-0.15, -0.1) is 0 Å². The van der Waals surface area contributed by atoms with Crippen LogP contribution < -0.4 is 5.32 Å². The van der Waals surface area contributed by atoms with Crippen molar-refractivity contribution in [1.82, 2.24) is 10.2 Å². The lowest BCUT2D eigenvalue weighted by Gasteiger charge is -2.16. The molecule has 2 rings (SSSR count). The number of phenols is 1. The lowest BCUT2D eigenvalue weighted by atomic mass is 10.1. The van der Waals surface area contributed by atoms with E-state index in [0.29, 0.717) is 19.6 Å². The van der Waals surface area contributed by atoms with Gasteiger partial charge in [-0.05, 0) is 31.0 Å². The number of phenolic OH excluding ortho intramolecular Hbond substituents is 1. The van der Waals surface area contributed by atoms with Gasteiger partial charge in [0, 0.05) is 19.6 Å². The van der Waals surface area contributed by atoms with Gasteiger partial charge in [-0.25, -0.2) is 0 Å². The van der Waals surface area contributed by atoms with Crippen LogP contribution in [0.2, 0.25) is 0 Å². The van der Waals surface area contributed by atoms with E-state index in [1.807, 2.05) is 13.0 Å². The number of nitrogens with one attached hydrogen (secondary N) is 1. The number of aromatic hydroxyl groups is 1. The predicted octanol–water partition coefficient (Wildman–Crippen LogP) is 0.919. The van der Waals surface area contributed by atoms with Crippen molar-refractivity contribution in [2.24, 2.45) is 5.92 Å². The molecule has 0 spiro atoms. The summed E-state index contributed by atoms with van der Waals surface area (Å²) >= 11 is 0. The fourth-order valence-corrected chi connectivity index (χ4v) is 2.47. The van der Waals surface area contributed by atoms with Crippen molar-refractivity contribution >= 4 is 11.8 Å². The minimum absolute atomic E-state index is 0.00222. The molecule has 1 heterocycles. The van der Waals surface area contributed by atoms with E-state index in [2.05, 4.69) is 5.32 Å². The Labute approximate surface area is 118 Å². The van der Waals surface area contributed by atoms with Crippen LogP contribution in [0.25, 0.3) is 0 Å². The van der Waals surface area contributed by atoms with Crippen LogP contribution in [0.5, 0.6) is 5.75 Å². The molecule has 0 aliphatic carbocycles. The van der Waals surface area contributed by atoms with Gasteiger partial charge >= 0.3 is 0 Å².